The van der Waals surface area contributed by atoms with Crippen molar-refractivity contribution in [3.8, 4) is 11.4 Å². The van der Waals surface area contributed by atoms with Crippen LogP contribution in [0.5, 0.6) is 0 Å². The van der Waals surface area contributed by atoms with E-state index in [9.17, 15) is 9.59 Å². The molecule has 0 radical (unpaired) electrons. The van der Waals surface area contributed by atoms with Crippen LogP contribution in [0.2, 0.25) is 0 Å². The Balaban J connectivity index is 1.62. The molecule has 0 aliphatic carbocycles. The van der Waals surface area contributed by atoms with Crippen LogP contribution in [-0.4, -0.2) is 37.2 Å². The first-order valence-electron chi connectivity index (χ1n) is 9.86. The van der Waals surface area contributed by atoms with E-state index in [-0.39, 0.29) is 11.5 Å². The number of amides is 1. The van der Waals surface area contributed by atoms with Crippen molar-refractivity contribution in [1.82, 2.24) is 24.3 Å². The lowest BCUT2D eigenvalue weighted by Crippen LogP contribution is -2.26. The number of H-pyrrole nitrogens is 1. The molecule has 5 rings (SSSR count). The van der Waals surface area contributed by atoms with E-state index >= 15 is 0 Å². The van der Waals surface area contributed by atoms with E-state index in [4.69, 9.17) is 0 Å². The molecule has 0 bridgehead atoms. The van der Waals surface area contributed by atoms with E-state index in [1.165, 1.54) is 0 Å². The number of pyridine rings is 1. The number of fused-ring (bicyclic) bond motifs is 3. The third-order valence-corrected chi connectivity index (χ3v) is 5.23. The summed E-state index contributed by atoms with van der Waals surface area (Å²) >= 11 is 0. The SMILES string of the molecule is CN(Cc1ccccn1)C(=O)c1ccc2[nH]c(=O)c3cnc(-c4ccccc4)n3c2c1. The van der Waals surface area contributed by atoms with Gasteiger partial charge in [-0.05, 0) is 30.3 Å². The lowest BCUT2D eigenvalue weighted by Gasteiger charge is -2.17. The quantitative estimate of drug-likeness (QED) is 0.492. The molecule has 0 aliphatic heterocycles. The molecule has 5 aromatic rings. The van der Waals surface area contributed by atoms with Crippen LogP contribution in [0.1, 0.15) is 16.1 Å². The zero-order valence-corrected chi connectivity index (χ0v) is 16.8. The van der Waals surface area contributed by atoms with Gasteiger partial charge in [-0.3, -0.25) is 19.0 Å². The van der Waals surface area contributed by atoms with E-state index in [0.717, 1.165) is 11.3 Å². The monoisotopic (exact) mass is 409 g/mol. The largest absolute Gasteiger partial charge is 0.336 e. The smallest absolute Gasteiger partial charge is 0.274 e. The third kappa shape index (κ3) is 3.36. The minimum atomic E-state index is -0.228. The zero-order valence-electron chi connectivity index (χ0n) is 16.8. The van der Waals surface area contributed by atoms with Gasteiger partial charge in [-0.15, -0.1) is 0 Å². The van der Waals surface area contributed by atoms with Crippen molar-refractivity contribution >= 4 is 22.5 Å². The predicted molar refractivity (Wildman–Crippen MR) is 119 cm³/mol. The molecule has 7 nitrogen and oxygen atoms in total. The van der Waals surface area contributed by atoms with Gasteiger partial charge >= 0.3 is 0 Å². The normalized spacial score (nSPS) is 11.1. The first-order valence-corrected chi connectivity index (χ1v) is 9.86. The highest BCUT2D eigenvalue weighted by molar-refractivity contribution is 5.97. The Labute approximate surface area is 177 Å². The maximum Gasteiger partial charge on any atom is 0.274 e. The van der Waals surface area contributed by atoms with Crippen LogP contribution in [0, 0.1) is 0 Å². The van der Waals surface area contributed by atoms with Crippen LogP contribution < -0.4 is 5.56 Å². The Hall–Kier alpha value is -4.26. The molecule has 3 aromatic heterocycles. The summed E-state index contributed by atoms with van der Waals surface area (Å²) in [5.74, 6) is 0.520. The van der Waals surface area contributed by atoms with E-state index in [1.807, 2.05) is 48.5 Å². The number of aromatic amines is 1. The maximum absolute atomic E-state index is 13.1. The first kappa shape index (κ1) is 18.7. The second kappa shape index (κ2) is 7.53. The minimum Gasteiger partial charge on any atom is -0.336 e. The predicted octanol–water partition coefficient (Wildman–Crippen LogP) is 3.51. The van der Waals surface area contributed by atoms with Gasteiger partial charge in [-0.2, -0.15) is 0 Å². The number of aromatic nitrogens is 4. The first-order chi connectivity index (χ1) is 15.1. The van der Waals surface area contributed by atoms with E-state index in [1.54, 1.807) is 46.9 Å². The molecule has 152 valence electrons. The molecular formula is C24H19N5O2. The molecule has 0 saturated carbocycles. The van der Waals surface area contributed by atoms with Gasteiger partial charge in [0.05, 0.1) is 29.5 Å². The fourth-order valence-corrected chi connectivity index (χ4v) is 3.72. The van der Waals surface area contributed by atoms with Crippen LogP contribution in [0.4, 0.5) is 0 Å². The number of rotatable bonds is 4. The van der Waals surface area contributed by atoms with Gasteiger partial charge < -0.3 is 9.88 Å². The van der Waals surface area contributed by atoms with Crippen molar-refractivity contribution in [3.63, 3.8) is 0 Å². The average Bonchev–Trinajstić information content (AvgIpc) is 3.26. The molecular weight excluding hydrogens is 390 g/mol. The number of carbonyl (C=O) groups is 1. The standard InChI is InChI=1S/C24H19N5O2/c1-28(15-18-9-5-6-12-25-18)24(31)17-10-11-19-20(13-17)29-21(23(30)27-19)14-26-22(29)16-7-3-2-4-8-16/h2-14H,15H2,1H3,(H,27,30). The number of hydrogen-bond acceptors (Lipinski definition) is 4. The molecule has 0 saturated heterocycles. The number of hydrogen-bond donors (Lipinski definition) is 1. The van der Waals surface area contributed by atoms with Gasteiger partial charge in [0.15, 0.2) is 0 Å². The minimum absolute atomic E-state index is 0.131. The van der Waals surface area contributed by atoms with Gasteiger partial charge in [0.2, 0.25) is 0 Å². The van der Waals surface area contributed by atoms with Gasteiger partial charge in [-0.1, -0.05) is 36.4 Å². The van der Waals surface area contributed by atoms with Gasteiger partial charge in [0.25, 0.3) is 11.5 Å². The maximum atomic E-state index is 13.1. The van der Waals surface area contributed by atoms with E-state index in [0.29, 0.717) is 34.5 Å². The fraction of sp³-hybridized carbons (Fsp3) is 0.0833. The van der Waals surface area contributed by atoms with Crippen molar-refractivity contribution < 1.29 is 4.79 Å². The summed E-state index contributed by atoms with van der Waals surface area (Å²) in [4.78, 5) is 38.9. The highest BCUT2D eigenvalue weighted by Gasteiger charge is 2.17. The molecule has 1 N–H and O–H groups in total. The van der Waals surface area contributed by atoms with Crippen LogP contribution >= 0.6 is 0 Å². The second-order valence-electron chi connectivity index (χ2n) is 7.34. The molecule has 31 heavy (non-hydrogen) atoms. The van der Waals surface area contributed by atoms with Crippen molar-refractivity contribution in [1.29, 1.82) is 0 Å². The Kier molecular flexibility index (Phi) is 4.55. The Morgan fingerprint density at radius 2 is 1.81 bits per heavy atom. The average molecular weight is 409 g/mol. The number of nitrogens with zero attached hydrogens (tertiary/aromatic N) is 4. The zero-order chi connectivity index (χ0) is 21.4. The van der Waals surface area contributed by atoms with E-state index < -0.39 is 0 Å². The van der Waals surface area contributed by atoms with Gasteiger partial charge in [-0.25, -0.2) is 4.98 Å². The summed E-state index contributed by atoms with van der Waals surface area (Å²) in [6.07, 6.45) is 3.27. The molecule has 7 heteroatoms. The van der Waals surface area contributed by atoms with Crippen molar-refractivity contribution in [2.24, 2.45) is 0 Å². The van der Waals surface area contributed by atoms with Gasteiger partial charge in [0, 0.05) is 24.4 Å². The third-order valence-electron chi connectivity index (χ3n) is 5.23. The lowest BCUT2D eigenvalue weighted by molar-refractivity contribution is 0.0783. The second-order valence-corrected chi connectivity index (χ2v) is 7.34. The van der Waals surface area contributed by atoms with Crippen LogP contribution in [0.15, 0.2) is 83.9 Å². The van der Waals surface area contributed by atoms with Crippen molar-refractivity contribution in [2.75, 3.05) is 7.05 Å². The molecule has 1 amide bonds. The molecule has 0 aliphatic rings. The molecule has 0 atom stereocenters. The Morgan fingerprint density at radius 3 is 2.58 bits per heavy atom. The highest BCUT2D eigenvalue weighted by Crippen LogP contribution is 2.23. The summed E-state index contributed by atoms with van der Waals surface area (Å²) in [7, 11) is 1.75. The number of benzene rings is 2. The van der Waals surface area contributed by atoms with Crippen molar-refractivity contribution in [2.45, 2.75) is 6.54 Å². The summed E-state index contributed by atoms with van der Waals surface area (Å²) in [6, 6.07) is 20.6. The van der Waals surface area contributed by atoms with E-state index in [2.05, 4.69) is 15.0 Å². The summed E-state index contributed by atoms with van der Waals surface area (Å²) in [5, 5.41) is 0. The summed E-state index contributed by atoms with van der Waals surface area (Å²) in [5.41, 5.74) is 3.77. The summed E-state index contributed by atoms with van der Waals surface area (Å²) < 4.78 is 1.80. The van der Waals surface area contributed by atoms with Crippen LogP contribution in [-0.2, 0) is 6.54 Å². The fourth-order valence-electron chi connectivity index (χ4n) is 3.72. The highest BCUT2D eigenvalue weighted by atomic mass is 16.2. The lowest BCUT2D eigenvalue weighted by atomic mass is 10.1. The number of carbonyl (C=O) groups excluding carboxylic acids is 1. The van der Waals surface area contributed by atoms with Crippen molar-refractivity contribution in [3.05, 3.63) is 101 Å². The molecule has 3 heterocycles. The topological polar surface area (TPSA) is 83.4 Å². The Morgan fingerprint density at radius 1 is 1.00 bits per heavy atom. The molecule has 0 spiro atoms. The molecule has 0 unspecified atom stereocenters. The van der Waals surface area contributed by atoms with Gasteiger partial charge in [0.1, 0.15) is 11.3 Å². The number of nitrogens with one attached hydrogen (secondary N) is 1. The summed E-state index contributed by atoms with van der Waals surface area (Å²) in [6.45, 7) is 0.402. The van der Waals surface area contributed by atoms with Crippen LogP contribution in [0.3, 0.4) is 0 Å². The molecule has 0 fully saturated rings. The number of imidazole rings is 1. The molecule has 2 aromatic carbocycles. The Bertz CT molecular complexity index is 1460. The van der Waals surface area contributed by atoms with Crippen LogP contribution in [0.25, 0.3) is 27.9 Å².